The number of esters is 1. The van der Waals surface area contributed by atoms with Gasteiger partial charge in [0.25, 0.3) is 0 Å². The molecule has 2 N–H and O–H groups in total. The first-order valence-corrected chi connectivity index (χ1v) is 5.55. The Morgan fingerprint density at radius 2 is 2.06 bits per heavy atom. The Kier molecular flexibility index (Phi) is 4.36. The maximum Gasteiger partial charge on any atom is 0.339 e. The molecule has 5 nitrogen and oxygen atoms in total. The zero-order valence-electron chi connectivity index (χ0n) is 9.65. The first-order valence-electron chi connectivity index (χ1n) is 4.75. The predicted octanol–water partition coefficient (Wildman–Crippen LogP) is 1.68. The van der Waals surface area contributed by atoms with Crippen molar-refractivity contribution < 1.29 is 24.5 Å². The molecule has 0 aliphatic rings. The number of methoxy groups -OCH3 is 2. The number of rotatable bonds is 3. The molecule has 0 aliphatic heterocycles. The van der Waals surface area contributed by atoms with Crippen molar-refractivity contribution in [2.45, 2.75) is 13.0 Å². The van der Waals surface area contributed by atoms with E-state index in [1.807, 2.05) is 0 Å². The lowest BCUT2D eigenvalue weighted by molar-refractivity contribution is -0.150. The monoisotopic (exact) mass is 304 g/mol. The zero-order valence-corrected chi connectivity index (χ0v) is 11.2. The molecule has 17 heavy (non-hydrogen) atoms. The minimum absolute atomic E-state index is 0.0713. The number of ether oxygens (including phenoxy) is 2. The SMILES string of the molecule is COC(=O)C(O)c1cc(Br)c(OC)c(C)c1O. The van der Waals surface area contributed by atoms with Crippen LogP contribution in [0.2, 0.25) is 0 Å². The van der Waals surface area contributed by atoms with E-state index in [1.165, 1.54) is 13.2 Å². The summed E-state index contributed by atoms with van der Waals surface area (Å²) in [5, 5.41) is 19.6. The highest BCUT2D eigenvalue weighted by molar-refractivity contribution is 9.10. The Hall–Kier alpha value is -1.27. The molecule has 0 aliphatic carbocycles. The van der Waals surface area contributed by atoms with Gasteiger partial charge in [-0.25, -0.2) is 4.79 Å². The first kappa shape index (κ1) is 13.8. The van der Waals surface area contributed by atoms with Crippen LogP contribution in [-0.2, 0) is 9.53 Å². The molecule has 1 aromatic rings. The fraction of sp³-hybridized carbons (Fsp3) is 0.364. The Bertz CT molecular complexity index is 444. The molecule has 0 bridgehead atoms. The minimum Gasteiger partial charge on any atom is -0.507 e. The van der Waals surface area contributed by atoms with Gasteiger partial charge in [0.05, 0.1) is 18.7 Å². The number of carbonyl (C=O) groups excluding carboxylic acids is 1. The molecular weight excluding hydrogens is 292 g/mol. The lowest BCUT2D eigenvalue weighted by Crippen LogP contribution is -2.14. The van der Waals surface area contributed by atoms with Gasteiger partial charge in [-0.1, -0.05) is 0 Å². The quantitative estimate of drug-likeness (QED) is 0.831. The van der Waals surface area contributed by atoms with E-state index in [-0.39, 0.29) is 11.3 Å². The van der Waals surface area contributed by atoms with Crippen molar-refractivity contribution in [1.82, 2.24) is 0 Å². The number of benzene rings is 1. The van der Waals surface area contributed by atoms with Crippen LogP contribution in [0.5, 0.6) is 11.5 Å². The molecule has 0 fully saturated rings. The summed E-state index contributed by atoms with van der Waals surface area (Å²) < 4.78 is 10.0. The largest absolute Gasteiger partial charge is 0.507 e. The second-order valence-electron chi connectivity index (χ2n) is 3.38. The van der Waals surface area contributed by atoms with Crippen LogP contribution in [0.1, 0.15) is 17.2 Å². The molecule has 0 amide bonds. The molecule has 0 radical (unpaired) electrons. The van der Waals surface area contributed by atoms with Crippen LogP contribution in [0.25, 0.3) is 0 Å². The van der Waals surface area contributed by atoms with Gasteiger partial charge in [0.15, 0.2) is 6.10 Å². The first-order chi connectivity index (χ1) is 7.93. The van der Waals surface area contributed by atoms with E-state index in [1.54, 1.807) is 6.92 Å². The normalized spacial score (nSPS) is 12.1. The Balaban J connectivity index is 3.32. The number of aliphatic hydroxyl groups is 1. The van der Waals surface area contributed by atoms with Gasteiger partial charge < -0.3 is 19.7 Å². The summed E-state index contributed by atoms with van der Waals surface area (Å²) in [4.78, 5) is 11.2. The number of phenolic OH excluding ortho intramolecular Hbond substituents is 1. The van der Waals surface area contributed by atoms with Gasteiger partial charge in [-0.3, -0.25) is 0 Å². The molecule has 94 valence electrons. The topological polar surface area (TPSA) is 76.0 Å². The van der Waals surface area contributed by atoms with Crippen molar-refractivity contribution in [1.29, 1.82) is 0 Å². The summed E-state index contributed by atoms with van der Waals surface area (Å²) >= 11 is 3.23. The molecular formula is C11H13BrO5. The smallest absolute Gasteiger partial charge is 0.339 e. The summed E-state index contributed by atoms with van der Waals surface area (Å²) in [5.41, 5.74) is 0.502. The lowest BCUT2D eigenvalue weighted by Gasteiger charge is -2.15. The Morgan fingerprint density at radius 1 is 1.47 bits per heavy atom. The molecule has 0 saturated carbocycles. The highest BCUT2D eigenvalue weighted by atomic mass is 79.9. The van der Waals surface area contributed by atoms with E-state index in [9.17, 15) is 15.0 Å². The molecule has 1 unspecified atom stereocenters. The van der Waals surface area contributed by atoms with Gasteiger partial charge in [-0.15, -0.1) is 0 Å². The summed E-state index contributed by atoms with van der Waals surface area (Å²) in [6.45, 7) is 1.62. The van der Waals surface area contributed by atoms with Crippen LogP contribution >= 0.6 is 15.9 Å². The highest BCUT2D eigenvalue weighted by Crippen LogP contribution is 2.39. The fourth-order valence-electron chi connectivity index (χ4n) is 1.47. The van der Waals surface area contributed by atoms with Gasteiger partial charge in [-0.05, 0) is 28.9 Å². The number of phenols is 1. The van der Waals surface area contributed by atoms with Gasteiger partial charge in [0.1, 0.15) is 11.5 Å². The van der Waals surface area contributed by atoms with Gasteiger partial charge in [-0.2, -0.15) is 0 Å². The molecule has 6 heteroatoms. The van der Waals surface area contributed by atoms with Crippen LogP contribution in [0.4, 0.5) is 0 Å². The standard InChI is InChI=1S/C11H13BrO5/c1-5-8(13)6(9(14)11(15)17-3)4-7(12)10(5)16-2/h4,9,13-14H,1-3H3. The average Bonchev–Trinajstić information content (AvgIpc) is 2.32. The van der Waals surface area contributed by atoms with Crippen LogP contribution in [-0.4, -0.2) is 30.4 Å². The predicted molar refractivity (Wildman–Crippen MR) is 64.1 cm³/mol. The lowest BCUT2D eigenvalue weighted by atomic mass is 10.0. The van der Waals surface area contributed by atoms with E-state index in [0.717, 1.165) is 7.11 Å². The Morgan fingerprint density at radius 3 is 2.53 bits per heavy atom. The van der Waals surface area contributed by atoms with Crippen molar-refractivity contribution in [3.05, 3.63) is 21.7 Å². The van der Waals surface area contributed by atoms with Crippen molar-refractivity contribution in [3.8, 4) is 11.5 Å². The third-order valence-corrected chi connectivity index (χ3v) is 2.98. The molecule has 0 heterocycles. The van der Waals surface area contributed by atoms with E-state index >= 15 is 0 Å². The van der Waals surface area contributed by atoms with Crippen LogP contribution in [0.3, 0.4) is 0 Å². The molecule has 0 aromatic heterocycles. The maximum absolute atomic E-state index is 11.2. The van der Waals surface area contributed by atoms with Gasteiger partial charge in [0, 0.05) is 11.1 Å². The van der Waals surface area contributed by atoms with E-state index in [4.69, 9.17) is 4.74 Å². The van der Waals surface area contributed by atoms with E-state index in [0.29, 0.717) is 15.8 Å². The maximum atomic E-state index is 11.2. The Labute approximate surface area is 107 Å². The third-order valence-electron chi connectivity index (χ3n) is 2.39. The number of hydrogen-bond acceptors (Lipinski definition) is 5. The fourth-order valence-corrected chi connectivity index (χ4v) is 2.18. The summed E-state index contributed by atoms with van der Waals surface area (Å²) in [6, 6.07) is 1.42. The van der Waals surface area contributed by atoms with Crippen LogP contribution in [0.15, 0.2) is 10.5 Å². The van der Waals surface area contributed by atoms with Crippen molar-refractivity contribution in [3.63, 3.8) is 0 Å². The van der Waals surface area contributed by atoms with Gasteiger partial charge in [0.2, 0.25) is 0 Å². The second-order valence-corrected chi connectivity index (χ2v) is 4.23. The number of aromatic hydroxyl groups is 1. The van der Waals surface area contributed by atoms with Crippen molar-refractivity contribution in [2.75, 3.05) is 14.2 Å². The van der Waals surface area contributed by atoms with Crippen LogP contribution in [0, 0.1) is 6.92 Å². The summed E-state index contributed by atoms with van der Waals surface area (Å²) in [7, 11) is 2.62. The molecule has 1 aromatic carbocycles. The number of aliphatic hydroxyl groups excluding tert-OH is 1. The second kappa shape index (κ2) is 5.37. The number of hydrogen-bond donors (Lipinski definition) is 2. The van der Waals surface area contributed by atoms with E-state index in [2.05, 4.69) is 20.7 Å². The molecule has 1 atom stereocenters. The molecule has 0 spiro atoms. The summed E-state index contributed by atoms with van der Waals surface area (Å²) in [6.07, 6.45) is -1.53. The van der Waals surface area contributed by atoms with Gasteiger partial charge >= 0.3 is 5.97 Å². The molecule has 0 saturated heterocycles. The van der Waals surface area contributed by atoms with Crippen molar-refractivity contribution in [2.24, 2.45) is 0 Å². The third kappa shape index (κ3) is 2.53. The number of halogens is 1. The van der Waals surface area contributed by atoms with E-state index < -0.39 is 12.1 Å². The minimum atomic E-state index is -1.53. The van der Waals surface area contributed by atoms with Crippen molar-refractivity contribution >= 4 is 21.9 Å². The summed E-state index contributed by atoms with van der Waals surface area (Å²) in [5.74, 6) is -0.581. The van der Waals surface area contributed by atoms with Crippen LogP contribution < -0.4 is 4.74 Å². The zero-order chi connectivity index (χ0) is 13.2. The average molecular weight is 305 g/mol. The molecule has 1 rings (SSSR count). The number of carbonyl (C=O) groups is 1. The highest BCUT2D eigenvalue weighted by Gasteiger charge is 2.25.